The highest BCUT2D eigenvalue weighted by molar-refractivity contribution is 6.39. The maximum absolute atomic E-state index is 13.3. The Morgan fingerprint density at radius 3 is 2.56 bits per heavy atom. The van der Waals surface area contributed by atoms with Gasteiger partial charge in [0.05, 0.1) is 5.69 Å². The molecule has 3 heterocycles. The Hall–Kier alpha value is -4.59. The van der Waals surface area contributed by atoms with Crippen LogP contribution in [0.1, 0.15) is 12.5 Å². The standard InChI is InChI=1S/C26H19N3O5/c1-2-28-20-6-4-3-5-17(20)18-11-15(7-9-21(18)28)12-19-24(30)27-26(32)29(25(19)31)16-8-10-22-23(13-16)34-14-33-22/h3-13H,2,14H2,1H3,(H,27,30,32)/b19-12+. The van der Waals surface area contributed by atoms with E-state index in [0.717, 1.165) is 33.3 Å². The van der Waals surface area contributed by atoms with Gasteiger partial charge in [0.25, 0.3) is 11.8 Å². The van der Waals surface area contributed by atoms with Gasteiger partial charge in [-0.2, -0.15) is 0 Å². The van der Waals surface area contributed by atoms with Crippen molar-refractivity contribution in [2.45, 2.75) is 13.5 Å². The lowest BCUT2D eigenvalue weighted by Gasteiger charge is -2.26. The third-order valence-electron chi connectivity index (χ3n) is 6.14. The molecule has 0 unspecified atom stereocenters. The molecule has 8 heteroatoms. The molecule has 1 fully saturated rings. The van der Waals surface area contributed by atoms with E-state index in [9.17, 15) is 14.4 Å². The zero-order valence-electron chi connectivity index (χ0n) is 18.2. The number of amides is 4. The highest BCUT2D eigenvalue weighted by Crippen LogP contribution is 2.36. The molecular weight excluding hydrogens is 434 g/mol. The summed E-state index contributed by atoms with van der Waals surface area (Å²) in [5, 5.41) is 4.38. The maximum atomic E-state index is 13.3. The van der Waals surface area contributed by atoms with Crippen molar-refractivity contribution in [3.8, 4) is 11.5 Å². The Bertz CT molecular complexity index is 1570. The molecule has 0 spiro atoms. The van der Waals surface area contributed by atoms with Crippen molar-refractivity contribution in [1.82, 2.24) is 9.88 Å². The zero-order valence-corrected chi connectivity index (χ0v) is 18.2. The van der Waals surface area contributed by atoms with Crippen LogP contribution in [0.5, 0.6) is 11.5 Å². The molecule has 1 saturated heterocycles. The van der Waals surface area contributed by atoms with Crippen molar-refractivity contribution < 1.29 is 23.9 Å². The van der Waals surface area contributed by atoms with E-state index in [2.05, 4.69) is 28.9 Å². The van der Waals surface area contributed by atoms with Crippen molar-refractivity contribution in [1.29, 1.82) is 0 Å². The second-order valence-electron chi connectivity index (χ2n) is 8.03. The van der Waals surface area contributed by atoms with E-state index in [1.54, 1.807) is 18.2 Å². The van der Waals surface area contributed by atoms with Crippen LogP contribution >= 0.6 is 0 Å². The van der Waals surface area contributed by atoms with Gasteiger partial charge in [-0.1, -0.05) is 24.3 Å². The third kappa shape index (κ3) is 2.96. The number of fused-ring (bicyclic) bond motifs is 4. The summed E-state index contributed by atoms with van der Waals surface area (Å²) in [6.45, 7) is 2.98. The highest BCUT2D eigenvalue weighted by atomic mass is 16.7. The Labute approximate surface area is 194 Å². The number of nitrogens with zero attached hydrogens (tertiary/aromatic N) is 2. The topological polar surface area (TPSA) is 89.9 Å². The van der Waals surface area contributed by atoms with Gasteiger partial charge in [-0.05, 0) is 48.9 Å². The molecule has 0 atom stereocenters. The number of benzene rings is 3. The summed E-state index contributed by atoms with van der Waals surface area (Å²) in [5.74, 6) is -0.481. The first-order valence-corrected chi connectivity index (χ1v) is 10.9. The van der Waals surface area contributed by atoms with E-state index < -0.39 is 17.8 Å². The van der Waals surface area contributed by atoms with Crippen LogP contribution in [0, 0.1) is 0 Å². The first kappa shape index (κ1) is 20.0. The van der Waals surface area contributed by atoms with Crippen LogP contribution < -0.4 is 19.7 Å². The average molecular weight is 453 g/mol. The predicted molar refractivity (Wildman–Crippen MR) is 127 cm³/mol. The van der Waals surface area contributed by atoms with Crippen molar-refractivity contribution in [3.63, 3.8) is 0 Å². The fourth-order valence-electron chi connectivity index (χ4n) is 4.58. The van der Waals surface area contributed by atoms with Crippen LogP contribution in [0.2, 0.25) is 0 Å². The van der Waals surface area contributed by atoms with Gasteiger partial charge in [-0.15, -0.1) is 0 Å². The van der Waals surface area contributed by atoms with Crippen LogP contribution in [0.25, 0.3) is 27.9 Å². The Kier molecular flexibility index (Phi) is 4.41. The largest absolute Gasteiger partial charge is 0.454 e. The lowest BCUT2D eigenvalue weighted by Crippen LogP contribution is -2.54. The van der Waals surface area contributed by atoms with E-state index in [-0.39, 0.29) is 18.1 Å². The first-order chi connectivity index (χ1) is 16.5. The molecule has 4 aromatic rings. The summed E-state index contributed by atoms with van der Waals surface area (Å²) < 4.78 is 12.9. The number of anilines is 1. The van der Waals surface area contributed by atoms with E-state index in [4.69, 9.17) is 9.47 Å². The molecule has 0 aliphatic carbocycles. The summed E-state index contributed by atoms with van der Waals surface area (Å²) in [4.78, 5) is 39.4. The number of barbiturate groups is 1. The lowest BCUT2D eigenvalue weighted by molar-refractivity contribution is -0.122. The van der Waals surface area contributed by atoms with Crippen LogP contribution in [0.15, 0.2) is 66.2 Å². The van der Waals surface area contributed by atoms with Crippen LogP contribution in [-0.4, -0.2) is 29.2 Å². The summed E-state index contributed by atoms with van der Waals surface area (Å²) in [6, 6.07) is 17.8. The van der Waals surface area contributed by atoms with Crippen LogP contribution in [0.4, 0.5) is 10.5 Å². The number of aromatic nitrogens is 1. The SMILES string of the molecule is CCn1c2ccccc2c2cc(/C=C3\C(=O)NC(=O)N(c4ccc5c(c4)OCO5)C3=O)ccc21. The fourth-order valence-corrected chi connectivity index (χ4v) is 4.58. The predicted octanol–water partition coefficient (Wildman–Crippen LogP) is 4.21. The number of imide groups is 2. The third-order valence-corrected chi connectivity index (χ3v) is 6.14. The maximum Gasteiger partial charge on any atom is 0.335 e. The molecule has 34 heavy (non-hydrogen) atoms. The van der Waals surface area contributed by atoms with Gasteiger partial charge in [0.15, 0.2) is 11.5 Å². The van der Waals surface area contributed by atoms with Crippen molar-refractivity contribution in [2.24, 2.45) is 0 Å². The number of hydrogen-bond donors (Lipinski definition) is 1. The minimum atomic E-state index is -0.813. The van der Waals surface area contributed by atoms with Gasteiger partial charge in [0, 0.05) is 34.4 Å². The number of nitrogens with one attached hydrogen (secondary N) is 1. The summed E-state index contributed by atoms with van der Waals surface area (Å²) >= 11 is 0. The Morgan fingerprint density at radius 1 is 0.912 bits per heavy atom. The van der Waals surface area contributed by atoms with Gasteiger partial charge in [-0.3, -0.25) is 14.9 Å². The molecule has 168 valence electrons. The number of aryl methyl sites for hydroxylation is 1. The molecule has 3 aromatic carbocycles. The lowest BCUT2D eigenvalue weighted by atomic mass is 10.0. The monoisotopic (exact) mass is 453 g/mol. The summed E-state index contributed by atoms with van der Waals surface area (Å²) in [6.07, 6.45) is 1.52. The zero-order chi connectivity index (χ0) is 23.4. The molecule has 1 aromatic heterocycles. The first-order valence-electron chi connectivity index (χ1n) is 10.9. The minimum Gasteiger partial charge on any atom is -0.454 e. The number of rotatable bonds is 3. The number of para-hydroxylation sites is 1. The van der Waals surface area contributed by atoms with E-state index in [1.807, 2.05) is 30.3 Å². The fraction of sp³-hybridized carbons (Fsp3) is 0.115. The van der Waals surface area contributed by atoms with Crippen molar-refractivity contribution >= 4 is 51.4 Å². The van der Waals surface area contributed by atoms with Gasteiger partial charge in [-0.25, -0.2) is 9.69 Å². The number of carbonyl (C=O) groups excluding carboxylic acids is 3. The summed E-state index contributed by atoms with van der Waals surface area (Å²) in [5.41, 5.74) is 3.03. The van der Waals surface area contributed by atoms with Gasteiger partial charge in [0.1, 0.15) is 5.57 Å². The number of urea groups is 1. The average Bonchev–Trinajstić information content (AvgIpc) is 3.43. The van der Waals surface area contributed by atoms with Crippen molar-refractivity contribution in [2.75, 3.05) is 11.7 Å². The highest BCUT2D eigenvalue weighted by Gasteiger charge is 2.37. The van der Waals surface area contributed by atoms with Gasteiger partial charge < -0.3 is 14.0 Å². The van der Waals surface area contributed by atoms with E-state index in [0.29, 0.717) is 17.1 Å². The van der Waals surface area contributed by atoms with E-state index in [1.165, 1.54) is 6.08 Å². The molecule has 1 N–H and O–H groups in total. The molecule has 0 radical (unpaired) electrons. The minimum absolute atomic E-state index is 0.0689. The molecule has 2 aliphatic rings. The second-order valence-corrected chi connectivity index (χ2v) is 8.03. The van der Waals surface area contributed by atoms with Crippen LogP contribution in [-0.2, 0) is 16.1 Å². The molecular formula is C26H19N3O5. The molecule has 0 bridgehead atoms. The number of hydrogen-bond acceptors (Lipinski definition) is 5. The van der Waals surface area contributed by atoms with Gasteiger partial charge >= 0.3 is 6.03 Å². The van der Waals surface area contributed by atoms with Gasteiger partial charge in [0.2, 0.25) is 6.79 Å². The Morgan fingerprint density at radius 2 is 1.71 bits per heavy atom. The van der Waals surface area contributed by atoms with Crippen LogP contribution in [0.3, 0.4) is 0 Å². The quantitative estimate of drug-likeness (QED) is 0.371. The smallest absolute Gasteiger partial charge is 0.335 e. The van der Waals surface area contributed by atoms with E-state index >= 15 is 0 Å². The number of ether oxygens (including phenoxy) is 2. The molecule has 0 saturated carbocycles. The molecule has 8 nitrogen and oxygen atoms in total. The van der Waals surface area contributed by atoms with Crippen molar-refractivity contribution in [3.05, 3.63) is 71.8 Å². The number of carbonyl (C=O) groups is 3. The second kappa shape index (κ2) is 7.48. The molecule has 6 rings (SSSR count). The normalized spacial score (nSPS) is 16.7. The Balaban J connectivity index is 1.43. The molecule has 4 amide bonds. The summed E-state index contributed by atoms with van der Waals surface area (Å²) in [7, 11) is 0. The molecule has 2 aliphatic heterocycles.